The minimum Gasteiger partial charge on any atom is -0.381 e. The van der Waals surface area contributed by atoms with E-state index in [0.29, 0.717) is 6.04 Å². The van der Waals surface area contributed by atoms with Crippen LogP contribution < -0.4 is 5.32 Å². The van der Waals surface area contributed by atoms with Crippen LogP contribution in [0.15, 0.2) is 24.4 Å². The third-order valence-corrected chi connectivity index (χ3v) is 3.83. The quantitative estimate of drug-likeness (QED) is 0.826. The number of pyridine rings is 1. The lowest BCUT2D eigenvalue weighted by Crippen LogP contribution is -2.45. The summed E-state index contributed by atoms with van der Waals surface area (Å²) in [4.78, 5) is 6.76. The lowest BCUT2D eigenvalue weighted by Gasteiger charge is -2.33. The molecule has 0 saturated carbocycles. The van der Waals surface area contributed by atoms with Gasteiger partial charge in [0.25, 0.3) is 0 Å². The Bertz CT molecular complexity index is 388. The molecule has 1 aliphatic heterocycles. The lowest BCUT2D eigenvalue weighted by atomic mass is 9.86. The predicted octanol–water partition coefficient (Wildman–Crippen LogP) is 1.92. The summed E-state index contributed by atoms with van der Waals surface area (Å²) >= 11 is 0. The molecule has 1 N–H and O–H groups in total. The largest absolute Gasteiger partial charge is 0.381 e. The maximum atomic E-state index is 5.66. The molecule has 0 radical (unpaired) electrons. The fourth-order valence-corrected chi connectivity index (χ4v) is 2.79. The molecule has 2 rings (SSSR count). The summed E-state index contributed by atoms with van der Waals surface area (Å²) in [6, 6.07) is 6.61. The zero-order valence-electron chi connectivity index (χ0n) is 12.9. The maximum absolute atomic E-state index is 5.66. The van der Waals surface area contributed by atoms with Gasteiger partial charge in [-0.2, -0.15) is 0 Å². The van der Waals surface area contributed by atoms with Crippen molar-refractivity contribution in [2.24, 2.45) is 5.41 Å². The van der Waals surface area contributed by atoms with Gasteiger partial charge in [-0.05, 0) is 25.6 Å². The van der Waals surface area contributed by atoms with Gasteiger partial charge in [0.1, 0.15) is 0 Å². The van der Waals surface area contributed by atoms with Crippen molar-refractivity contribution in [2.45, 2.75) is 32.9 Å². The van der Waals surface area contributed by atoms with Gasteiger partial charge in [-0.3, -0.25) is 9.88 Å². The van der Waals surface area contributed by atoms with Gasteiger partial charge in [0.15, 0.2) is 0 Å². The molecule has 4 nitrogen and oxygen atoms in total. The van der Waals surface area contributed by atoms with Gasteiger partial charge in [-0.1, -0.05) is 19.9 Å². The van der Waals surface area contributed by atoms with Crippen LogP contribution in [0, 0.1) is 5.41 Å². The highest BCUT2D eigenvalue weighted by atomic mass is 16.5. The van der Waals surface area contributed by atoms with Gasteiger partial charge >= 0.3 is 0 Å². The van der Waals surface area contributed by atoms with Crippen LogP contribution in [0.25, 0.3) is 0 Å². The summed E-state index contributed by atoms with van der Waals surface area (Å²) in [5.41, 5.74) is 1.37. The van der Waals surface area contributed by atoms with E-state index in [1.807, 2.05) is 18.3 Å². The van der Waals surface area contributed by atoms with E-state index in [1.165, 1.54) is 0 Å². The molecule has 0 spiro atoms. The number of hydrogen-bond donors (Lipinski definition) is 1. The highest BCUT2D eigenvalue weighted by Gasteiger charge is 2.35. The van der Waals surface area contributed by atoms with E-state index in [4.69, 9.17) is 4.74 Å². The van der Waals surface area contributed by atoms with Gasteiger partial charge in [-0.25, -0.2) is 0 Å². The molecule has 20 heavy (non-hydrogen) atoms. The summed E-state index contributed by atoms with van der Waals surface area (Å²) in [6.45, 7) is 9.10. The first-order chi connectivity index (χ1) is 9.60. The van der Waals surface area contributed by atoms with Gasteiger partial charge < -0.3 is 10.1 Å². The molecule has 0 amide bonds. The lowest BCUT2D eigenvalue weighted by molar-refractivity contribution is 0.114. The molecule has 0 aliphatic carbocycles. The third kappa shape index (κ3) is 4.54. The van der Waals surface area contributed by atoms with E-state index in [1.54, 1.807) is 0 Å². The zero-order valence-corrected chi connectivity index (χ0v) is 12.9. The highest BCUT2D eigenvalue weighted by molar-refractivity contribution is 5.03. The number of nitrogens with zero attached hydrogens (tertiary/aromatic N) is 2. The van der Waals surface area contributed by atoms with Crippen LogP contribution in [0.4, 0.5) is 0 Å². The molecule has 1 aromatic heterocycles. The minimum absolute atomic E-state index is 0.244. The van der Waals surface area contributed by atoms with Crippen molar-refractivity contribution in [2.75, 3.05) is 33.4 Å². The monoisotopic (exact) mass is 277 g/mol. The van der Waals surface area contributed by atoms with Crippen molar-refractivity contribution < 1.29 is 4.74 Å². The van der Waals surface area contributed by atoms with Crippen molar-refractivity contribution >= 4 is 0 Å². The summed E-state index contributed by atoms with van der Waals surface area (Å²) in [6.07, 6.45) is 3.00. The van der Waals surface area contributed by atoms with Crippen LogP contribution in [-0.4, -0.2) is 49.3 Å². The second kappa shape index (κ2) is 7.16. The van der Waals surface area contributed by atoms with Gasteiger partial charge in [0.2, 0.25) is 0 Å². The number of hydrogen-bond acceptors (Lipinski definition) is 4. The van der Waals surface area contributed by atoms with Crippen molar-refractivity contribution in [1.82, 2.24) is 15.2 Å². The summed E-state index contributed by atoms with van der Waals surface area (Å²) in [5, 5.41) is 3.58. The minimum atomic E-state index is 0.244. The van der Waals surface area contributed by atoms with E-state index in [0.717, 1.165) is 45.0 Å². The molecule has 0 aromatic carbocycles. The van der Waals surface area contributed by atoms with E-state index in [9.17, 15) is 0 Å². The number of nitrogens with one attached hydrogen (secondary N) is 1. The molecule has 1 saturated heterocycles. The van der Waals surface area contributed by atoms with E-state index >= 15 is 0 Å². The van der Waals surface area contributed by atoms with Crippen LogP contribution in [0.2, 0.25) is 0 Å². The SMILES string of the molecule is CC(C)NCC1(CN(C)Cc2ccccn2)CCOC1. The van der Waals surface area contributed by atoms with Crippen molar-refractivity contribution in [1.29, 1.82) is 0 Å². The average molecular weight is 277 g/mol. The first-order valence-electron chi connectivity index (χ1n) is 7.49. The molecule has 2 heterocycles. The molecule has 1 aromatic rings. The summed E-state index contributed by atoms with van der Waals surface area (Å²) < 4.78 is 5.66. The molecule has 1 fully saturated rings. The molecule has 4 heteroatoms. The Labute approximate surface area is 122 Å². The molecular formula is C16H27N3O. The molecule has 112 valence electrons. The smallest absolute Gasteiger partial charge is 0.0547 e. The molecule has 0 bridgehead atoms. The Morgan fingerprint density at radius 2 is 2.30 bits per heavy atom. The fourth-order valence-electron chi connectivity index (χ4n) is 2.79. The summed E-state index contributed by atoms with van der Waals surface area (Å²) in [7, 11) is 2.17. The number of aromatic nitrogens is 1. The Kier molecular flexibility index (Phi) is 5.52. The van der Waals surface area contributed by atoms with Crippen LogP contribution in [-0.2, 0) is 11.3 Å². The summed E-state index contributed by atoms with van der Waals surface area (Å²) in [5.74, 6) is 0. The number of ether oxygens (including phenoxy) is 1. The Balaban J connectivity index is 1.90. The van der Waals surface area contributed by atoms with Crippen LogP contribution in [0.5, 0.6) is 0 Å². The van der Waals surface area contributed by atoms with Crippen LogP contribution >= 0.6 is 0 Å². The van der Waals surface area contributed by atoms with Gasteiger partial charge in [0.05, 0.1) is 12.3 Å². The third-order valence-electron chi connectivity index (χ3n) is 3.83. The molecule has 1 atom stereocenters. The zero-order chi connectivity index (χ0) is 14.4. The topological polar surface area (TPSA) is 37.4 Å². The van der Waals surface area contributed by atoms with Crippen LogP contribution in [0.1, 0.15) is 26.0 Å². The highest BCUT2D eigenvalue weighted by Crippen LogP contribution is 2.29. The first-order valence-corrected chi connectivity index (χ1v) is 7.49. The van der Waals surface area contributed by atoms with E-state index < -0.39 is 0 Å². The average Bonchev–Trinajstić information content (AvgIpc) is 2.86. The van der Waals surface area contributed by atoms with Gasteiger partial charge in [0, 0.05) is 43.9 Å². The predicted molar refractivity (Wildman–Crippen MR) is 81.6 cm³/mol. The van der Waals surface area contributed by atoms with Crippen LogP contribution in [0.3, 0.4) is 0 Å². The van der Waals surface area contributed by atoms with Gasteiger partial charge in [-0.15, -0.1) is 0 Å². The Morgan fingerprint density at radius 1 is 1.45 bits per heavy atom. The molecular weight excluding hydrogens is 250 g/mol. The standard InChI is InChI=1S/C16H27N3O/c1-14(2)18-11-16(7-9-20-13-16)12-19(3)10-15-6-4-5-8-17-15/h4-6,8,14,18H,7,9-13H2,1-3H3. The normalized spacial score (nSPS) is 22.9. The van der Waals surface area contributed by atoms with E-state index in [2.05, 4.69) is 42.2 Å². The Hall–Kier alpha value is -0.970. The second-order valence-electron chi connectivity index (χ2n) is 6.33. The first kappa shape index (κ1) is 15.4. The van der Waals surface area contributed by atoms with Crippen molar-refractivity contribution in [3.05, 3.63) is 30.1 Å². The fraction of sp³-hybridized carbons (Fsp3) is 0.688. The molecule has 1 unspecified atom stereocenters. The maximum Gasteiger partial charge on any atom is 0.0547 e. The van der Waals surface area contributed by atoms with E-state index in [-0.39, 0.29) is 5.41 Å². The Morgan fingerprint density at radius 3 is 2.90 bits per heavy atom. The van der Waals surface area contributed by atoms with Crippen molar-refractivity contribution in [3.8, 4) is 0 Å². The second-order valence-corrected chi connectivity index (χ2v) is 6.33. The molecule has 1 aliphatic rings. The number of rotatable bonds is 7. The van der Waals surface area contributed by atoms with Crippen molar-refractivity contribution in [3.63, 3.8) is 0 Å².